The molecule has 0 saturated carbocycles. The average molecular weight is 153 g/mol. The van der Waals surface area contributed by atoms with Gasteiger partial charge in [-0.3, -0.25) is 4.79 Å². The summed E-state index contributed by atoms with van der Waals surface area (Å²) < 4.78 is 0. The molecule has 2 heteroatoms. The smallest absolute Gasteiger partial charge is 0.247 e. The molecule has 0 saturated heterocycles. The van der Waals surface area contributed by atoms with E-state index in [0.29, 0.717) is 0 Å². The van der Waals surface area contributed by atoms with Crippen molar-refractivity contribution in [2.75, 3.05) is 0 Å². The first-order valence-electron chi connectivity index (χ1n) is 3.86. The van der Waals surface area contributed by atoms with Gasteiger partial charge in [-0.15, -0.1) is 0 Å². The molecular weight excluding hydrogens is 138 g/mol. The molecule has 0 fully saturated rings. The first kappa shape index (κ1) is 9.95. The SMILES string of the molecule is CCC.Cc1ccc(=O)[nH]c1. The van der Waals surface area contributed by atoms with Crippen molar-refractivity contribution in [3.8, 4) is 0 Å². The minimum atomic E-state index is -0.0457. The third kappa shape index (κ3) is 5.40. The zero-order chi connectivity index (χ0) is 8.69. The maximum atomic E-state index is 10.4. The molecule has 0 unspecified atom stereocenters. The summed E-state index contributed by atoms with van der Waals surface area (Å²) in [5, 5.41) is 0. The lowest BCUT2D eigenvalue weighted by molar-refractivity contribution is 1.09. The van der Waals surface area contributed by atoms with Crippen LogP contribution in [0.3, 0.4) is 0 Å². The highest BCUT2D eigenvalue weighted by atomic mass is 16.1. The Balaban J connectivity index is 0.000000292. The third-order valence-electron chi connectivity index (χ3n) is 0.940. The molecule has 0 radical (unpaired) electrons. The molecule has 0 aliphatic heterocycles. The molecule has 1 aromatic rings. The van der Waals surface area contributed by atoms with Crippen LogP contribution in [0.1, 0.15) is 25.8 Å². The van der Waals surface area contributed by atoms with Gasteiger partial charge >= 0.3 is 0 Å². The Labute approximate surface area is 67.3 Å². The van der Waals surface area contributed by atoms with Crippen LogP contribution in [0.2, 0.25) is 0 Å². The molecule has 0 aromatic carbocycles. The standard InChI is InChI=1S/C6H7NO.C3H8/c1-5-2-3-6(8)7-4-5;1-3-2/h2-4H,1H3,(H,7,8);3H2,1-2H3. The minimum absolute atomic E-state index is 0.0457. The van der Waals surface area contributed by atoms with E-state index in [-0.39, 0.29) is 5.56 Å². The molecule has 1 N–H and O–H groups in total. The van der Waals surface area contributed by atoms with Crippen molar-refractivity contribution in [3.05, 3.63) is 34.2 Å². The van der Waals surface area contributed by atoms with Crippen molar-refractivity contribution in [1.29, 1.82) is 0 Å². The van der Waals surface area contributed by atoms with E-state index in [0.717, 1.165) is 5.56 Å². The van der Waals surface area contributed by atoms with Gasteiger partial charge in [0.25, 0.3) is 0 Å². The Morgan fingerprint density at radius 2 is 1.91 bits per heavy atom. The zero-order valence-electron chi connectivity index (χ0n) is 7.35. The summed E-state index contributed by atoms with van der Waals surface area (Å²) in [6.07, 6.45) is 2.93. The fourth-order valence-electron chi connectivity index (χ4n) is 0.488. The zero-order valence-corrected chi connectivity index (χ0v) is 7.35. The van der Waals surface area contributed by atoms with Crippen LogP contribution in [0.5, 0.6) is 0 Å². The number of nitrogens with one attached hydrogen (secondary N) is 1. The summed E-state index contributed by atoms with van der Waals surface area (Å²) >= 11 is 0. The second kappa shape index (κ2) is 5.71. The van der Waals surface area contributed by atoms with Gasteiger partial charge in [0.1, 0.15) is 0 Å². The molecule has 2 nitrogen and oxygen atoms in total. The van der Waals surface area contributed by atoms with E-state index in [1.165, 1.54) is 12.5 Å². The van der Waals surface area contributed by atoms with Crippen molar-refractivity contribution >= 4 is 0 Å². The molecular formula is C9H15NO. The fraction of sp³-hybridized carbons (Fsp3) is 0.444. The van der Waals surface area contributed by atoms with E-state index in [4.69, 9.17) is 0 Å². The Bertz CT molecular complexity index is 219. The molecule has 0 amide bonds. The molecule has 0 atom stereocenters. The van der Waals surface area contributed by atoms with Crippen LogP contribution in [0.25, 0.3) is 0 Å². The van der Waals surface area contributed by atoms with Crippen LogP contribution in [-0.2, 0) is 0 Å². The van der Waals surface area contributed by atoms with Gasteiger partial charge in [-0.1, -0.05) is 26.3 Å². The van der Waals surface area contributed by atoms with Crippen molar-refractivity contribution in [2.24, 2.45) is 0 Å². The van der Waals surface area contributed by atoms with Gasteiger partial charge in [0.15, 0.2) is 0 Å². The van der Waals surface area contributed by atoms with Crippen LogP contribution in [0.4, 0.5) is 0 Å². The quantitative estimate of drug-likeness (QED) is 0.608. The molecule has 0 bridgehead atoms. The van der Waals surface area contributed by atoms with Crippen LogP contribution in [-0.4, -0.2) is 4.98 Å². The van der Waals surface area contributed by atoms with Crippen molar-refractivity contribution < 1.29 is 0 Å². The summed E-state index contributed by atoms with van der Waals surface area (Å²) in [6, 6.07) is 3.29. The average Bonchev–Trinajstić information content (AvgIpc) is 1.97. The van der Waals surface area contributed by atoms with E-state index < -0.39 is 0 Å². The Hall–Kier alpha value is -1.05. The lowest BCUT2D eigenvalue weighted by Gasteiger charge is -1.83. The van der Waals surface area contributed by atoms with Crippen molar-refractivity contribution in [1.82, 2.24) is 4.98 Å². The lowest BCUT2D eigenvalue weighted by atomic mass is 10.3. The van der Waals surface area contributed by atoms with Crippen molar-refractivity contribution in [2.45, 2.75) is 27.2 Å². The lowest BCUT2D eigenvalue weighted by Crippen LogP contribution is -2.00. The monoisotopic (exact) mass is 153 g/mol. The van der Waals surface area contributed by atoms with Gasteiger partial charge in [-0.05, 0) is 12.5 Å². The van der Waals surface area contributed by atoms with Gasteiger partial charge in [-0.25, -0.2) is 0 Å². The maximum Gasteiger partial charge on any atom is 0.247 e. The molecule has 1 rings (SSSR count). The molecule has 0 aliphatic rings. The van der Waals surface area contributed by atoms with Gasteiger partial charge in [0.05, 0.1) is 0 Å². The second-order valence-electron chi connectivity index (χ2n) is 2.44. The first-order chi connectivity index (χ1) is 5.20. The van der Waals surface area contributed by atoms with E-state index in [9.17, 15) is 4.79 Å². The number of aromatic nitrogens is 1. The second-order valence-corrected chi connectivity index (χ2v) is 2.44. The number of hydrogen-bond donors (Lipinski definition) is 1. The minimum Gasteiger partial charge on any atom is -0.329 e. The first-order valence-corrected chi connectivity index (χ1v) is 3.86. The molecule has 1 aromatic heterocycles. The summed E-state index contributed by atoms with van der Waals surface area (Å²) in [6.45, 7) is 6.18. The third-order valence-corrected chi connectivity index (χ3v) is 0.940. The Kier molecular flexibility index (Phi) is 5.17. The summed E-state index contributed by atoms with van der Waals surface area (Å²) in [5.41, 5.74) is 1.03. The number of aromatic amines is 1. The topological polar surface area (TPSA) is 32.9 Å². The number of H-pyrrole nitrogens is 1. The van der Waals surface area contributed by atoms with Crippen LogP contribution < -0.4 is 5.56 Å². The van der Waals surface area contributed by atoms with Crippen LogP contribution in [0.15, 0.2) is 23.1 Å². The largest absolute Gasteiger partial charge is 0.329 e. The van der Waals surface area contributed by atoms with E-state index in [1.807, 2.05) is 6.92 Å². The fourth-order valence-corrected chi connectivity index (χ4v) is 0.488. The summed E-state index contributed by atoms with van der Waals surface area (Å²) in [4.78, 5) is 12.9. The highest BCUT2D eigenvalue weighted by molar-refractivity contribution is 5.04. The van der Waals surface area contributed by atoms with Crippen LogP contribution in [0, 0.1) is 6.92 Å². The molecule has 11 heavy (non-hydrogen) atoms. The predicted molar refractivity (Wildman–Crippen MR) is 47.8 cm³/mol. The number of rotatable bonds is 0. The summed E-state index contributed by atoms with van der Waals surface area (Å²) in [7, 11) is 0. The van der Waals surface area contributed by atoms with E-state index in [2.05, 4.69) is 18.8 Å². The van der Waals surface area contributed by atoms with Gasteiger partial charge in [0.2, 0.25) is 5.56 Å². The van der Waals surface area contributed by atoms with Gasteiger partial charge in [-0.2, -0.15) is 0 Å². The van der Waals surface area contributed by atoms with Crippen molar-refractivity contribution in [3.63, 3.8) is 0 Å². The van der Waals surface area contributed by atoms with E-state index >= 15 is 0 Å². The van der Waals surface area contributed by atoms with Crippen LogP contribution >= 0.6 is 0 Å². The molecule has 1 heterocycles. The number of pyridine rings is 1. The normalized spacial score (nSPS) is 8.27. The number of hydrogen-bond acceptors (Lipinski definition) is 1. The predicted octanol–water partition coefficient (Wildman–Crippen LogP) is 2.10. The highest BCUT2D eigenvalue weighted by Crippen LogP contribution is 1.84. The molecule has 0 aliphatic carbocycles. The highest BCUT2D eigenvalue weighted by Gasteiger charge is 1.78. The maximum absolute atomic E-state index is 10.4. The Morgan fingerprint density at radius 1 is 1.36 bits per heavy atom. The van der Waals surface area contributed by atoms with E-state index in [1.54, 1.807) is 12.3 Å². The molecule has 62 valence electrons. The van der Waals surface area contributed by atoms with Gasteiger partial charge < -0.3 is 4.98 Å². The summed E-state index contributed by atoms with van der Waals surface area (Å²) in [5.74, 6) is 0. The van der Waals surface area contributed by atoms with Gasteiger partial charge in [0, 0.05) is 12.3 Å². The number of aryl methyl sites for hydroxylation is 1. The molecule has 0 spiro atoms. The Morgan fingerprint density at radius 3 is 2.18 bits per heavy atom.